The lowest BCUT2D eigenvalue weighted by Crippen LogP contribution is -2.54. The van der Waals surface area contributed by atoms with Gasteiger partial charge in [0.1, 0.15) is 11.8 Å². The Hall–Kier alpha value is -1.64. The van der Waals surface area contributed by atoms with Crippen LogP contribution in [0.5, 0.6) is 0 Å². The molecule has 2 heterocycles. The van der Waals surface area contributed by atoms with Gasteiger partial charge in [-0.25, -0.2) is 4.98 Å². The van der Waals surface area contributed by atoms with E-state index in [1.54, 1.807) is 13.3 Å². The molecule has 1 unspecified atom stereocenters. The van der Waals surface area contributed by atoms with E-state index in [-0.39, 0.29) is 0 Å². The Morgan fingerprint density at radius 1 is 1.48 bits per heavy atom. The lowest BCUT2D eigenvalue weighted by Gasteiger charge is -2.42. The number of piperazine rings is 1. The Bertz CT molecular complexity index is 485. The summed E-state index contributed by atoms with van der Waals surface area (Å²) in [4.78, 5) is 8.94. The first-order valence-electron chi connectivity index (χ1n) is 7.62. The first-order chi connectivity index (χ1) is 10.3. The molecule has 0 radical (unpaired) electrons. The molecule has 5 nitrogen and oxygen atoms in total. The zero-order valence-electron chi connectivity index (χ0n) is 13.0. The van der Waals surface area contributed by atoms with Crippen LogP contribution >= 0.6 is 0 Å². The molecule has 1 atom stereocenters. The van der Waals surface area contributed by atoms with Crippen molar-refractivity contribution in [1.29, 1.82) is 5.26 Å². The minimum absolute atomic E-state index is 0.487. The monoisotopic (exact) mass is 288 g/mol. The standard InChI is InChI=1S/C16H24N4O/c1-3-4-16-13-20(8-7-19(16)9-10-21-2)15-5-6-18-14(11-15)12-17/h5-6,11,16H,3-4,7-10,13H2,1-2H3. The van der Waals surface area contributed by atoms with Crippen molar-refractivity contribution in [1.82, 2.24) is 9.88 Å². The van der Waals surface area contributed by atoms with Gasteiger partial charge in [-0.3, -0.25) is 4.90 Å². The highest BCUT2D eigenvalue weighted by molar-refractivity contribution is 5.49. The molecule has 0 aromatic carbocycles. The second-order valence-corrected chi connectivity index (χ2v) is 5.43. The molecule has 1 aromatic rings. The molecule has 0 saturated carbocycles. The summed E-state index contributed by atoms with van der Waals surface area (Å²) in [6, 6.07) is 6.55. The first-order valence-corrected chi connectivity index (χ1v) is 7.62. The molecule has 1 fully saturated rings. The van der Waals surface area contributed by atoms with E-state index in [4.69, 9.17) is 10.00 Å². The zero-order chi connectivity index (χ0) is 15.1. The van der Waals surface area contributed by atoms with Crippen molar-refractivity contribution in [2.45, 2.75) is 25.8 Å². The number of hydrogen-bond donors (Lipinski definition) is 0. The summed E-state index contributed by atoms with van der Waals surface area (Å²) >= 11 is 0. The number of aromatic nitrogens is 1. The van der Waals surface area contributed by atoms with Crippen LogP contribution in [0.4, 0.5) is 5.69 Å². The fourth-order valence-corrected chi connectivity index (χ4v) is 2.91. The van der Waals surface area contributed by atoms with Crippen LogP contribution in [0, 0.1) is 11.3 Å². The minimum atomic E-state index is 0.487. The quantitative estimate of drug-likeness (QED) is 0.800. The first kappa shape index (κ1) is 15.7. The molecule has 1 aliphatic rings. The average Bonchev–Trinajstić information content (AvgIpc) is 2.54. The van der Waals surface area contributed by atoms with Gasteiger partial charge in [-0.1, -0.05) is 13.3 Å². The molecule has 0 spiro atoms. The van der Waals surface area contributed by atoms with Crippen molar-refractivity contribution in [3.8, 4) is 6.07 Å². The SMILES string of the molecule is CCCC1CN(c2ccnc(C#N)c2)CCN1CCOC. The number of hydrogen-bond acceptors (Lipinski definition) is 5. The summed E-state index contributed by atoms with van der Waals surface area (Å²) in [7, 11) is 1.76. The molecule has 1 saturated heterocycles. The van der Waals surface area contributed by atoms with E-state index in [2.05, 4.69) is 27.8 Å². The Balaban J connectivity index is 2.05. The molecule has 0 aliphatic carbocycles. The fourth-order valence-electron chi connectivity index (χ4n) is 2.91. The Labute approximate surface area is 127 Å². The van der Waals surface area contributed by atoms with Gasteiger partial charge < -0.3 is 9.64 Å². The molecule has 2 rings (SSSR count). The maximum Gasteiger partial charge on any atom is 0.142 e. The molecular formula is C16H24N4O. The van der Waals surface area contributed by atoms with E-state index >= 15 is 0 Å². The molecule has 1 aliphatic heterocycles. The van der Waals surface area contributed by atoms with E-state index in [0.717, 1.165) is 38.5 Å². The highest BCUT2D eigenvalue weighted by Gasteiger charge is 2.26. The molecule has 0 N–H and O–H groups in total. The Morgan fingerprint density at radius 2 is 2.33 bits per heavy atom. The zero-order valence-corrected chi connectivity index (χ0v) is 13.0. The summed E-state index contributed by atoms with van der Waals surface area (Å²) in [6.45, 7) is 7.04. The van der Waals surface area contributed by atoms with Gasteiger partial charge in [0.2, 0.25) is 0 Å². The van der Waals surface area contributed by atoms with Gasteiger partial charge >= 0.3 is 0 Å². The van der Waals surface area contributed by atoms with Gasteiger partial charge in [-0.05, 0) is 18.6 Å². The Kier molecular flexibility index (Phi) is 5.97. The largest absolute Gasteiger partial charge is 0.383 e. The number of ether oxygens (including phenoxy) is 1. The van der Waals surface area contributed by atoms with Gasteiger partial charge in [0.15, 0.2) is 0 Å². The van der Waals surface area contributed by atoms with Gasteiger partial charge in [0.05, 0.1) is 6.61 Å². The van der Waals surface area contributed by atoms with Gasteiger partial charge in [0, 0.05) is 51.2 Å². The number of methoxy groups -OCH3 is 1. The normalized spacial score (nSPS) is 19.5. The molecule has 5 heteroatoms. The Morgan fingerprint density at radius 3 is 3.05 bits per heavy atom. The number of anilines is 1. The van der Waals surface area contributed by atoms with Crippen LogP contribution in [0.25, 0.3) is 0 Å². The van der Waals surface area contributed by atoms with E-state index in [1.807, 2.05) is 12.1 Å². The third-order valence-electron chi connectivity index (χ3n) is 4.03. The van der Waals surface area contributed by atoms with E-state index in [0.29, 0.717) is 11.7 Å². The molecule has 1 aromatic heterocycles. The summed E-state index contributed by atoms with van der Waals surface area (Å²) in [6.07, 6.45) is 4.10. The van der Waals surface area contributed by atoms with Crippen LogP contribution in [0.3, 0.4) is 0 Å². The maximum absolute atomic E-state index is 8.98. The van der Waals surface area contributed by atoms with Crippen LogP contribution in [-0.2, 0) is 4.74 Å². The minimum Gasteiger partial charge on any atom is -0.383 e. The molecule has 114 valence electrons. The van der Waals surface area contributed by atoms with Gasteiger partial charge in [-0.2, -0.15) is 5.26 Å². The van der Waals surface area contributed by atoms with Crippen LogP contribution < -0.4 is 4.90 Å². The van der Waals surface area contributed by atoms with Crippen LogP contribution in [0.15, 0.2) is 18.3 Å². The summed E-state index contributed by atoms with van der Waals surface area (Å²) < 4.78 is 5.21. The van der Waals surface area contributed by atoms with E-state index < -0.39 is 0 Å². The predicted octanol–water partition coefficient (Wildman–Crippen LogP) is 1.89. The number of nitrogens with zero attached hydrogens (tertiary/aromatic N) is 4. The third kappa shape index (κ3) is 4.16. The lowest BCUT2D eigenvalue weighted by atomic mass is 10.1. The molecular weight excluding hydrogens is 264 g/mol. The van der Waals surface area contributed by atoms with E-state index in [9.17, 15) is 0 Å². The summed E-state index contributed by atoms with van der Waals surface area (Å²) in [5, 5.41) is 8.98. The molecule has 0 amide bonds. The molecule has 21 heavy (non-hydrogen) atoms. The van der Waals surface area contributed by atoms with Crippen LogP contribution in [-0.4, -0.2) is 55.8 Å². The average molecular weight is 288 g/mol. The highest BCUT2D eigenvalue weighted by Crippen LogP contribution is 2.21. The van der Waals surface area contributed by atoms with Crippen LogP contribution in [0.2, 0.25) is 0 Å². The van der Waals surface area contributed by atoms with Crippen molar-refractivity contribution in [2.75, 3.05) is 44.8 Å². The second-order valence-electron chi connectivity index (χ2n) is 5.43. The van der Waals surface area contributed by atoms with Crippen molar-refractivity contribution < 1.29 is 4.74 Å². The highest BCUT2D eigenvalue weighted by atomic mass is 16.5. The fraction of sp³-hybridized carbons (Fsp3) is 0.625. The maximum atomic E-state index is 8.98. The van der Waals surface area contributed by atoms with Gasteiger partial charge in [-0.15, -0.1) is 0 Å². The molecule has 0 bridgehead atoms. The van der Waals surface area contributed by atoms with Crippen molar-refractivity contribution >= 4 is 5.69 Å². The van der Waals surface area contributed by atoms with Crippen LogP contribution in [0.1, 0.15) is 25.5 Å². The van der Waals surface area contributed by atoms with E-state index in [1.165, 1.54) is 12.8 Å². The van der Waals surface area contributed by atoms with Crippen molar-refractivity contribution in [3.63, 3.8) is 0 Å². The number of nitriles is 1. The smallest absolute Gasteiger partial charge is 0.142 e. The third-order valence-corrected chi connectivity index (χ3v) is 4.03. The summed E-state index contributed by atoms with van der Waals surface area (Å²) in [5.41, 5.74) is 1.59. The lowest BCUT2D eigenvalue weighted by molar-refractivity contribution is 0.107. The topological polar surface area (TPSA) is 52.4 Å². The number of rotatable bonds is 6. The van der Waals surface area contributed by atoms with Crippen molar-refractivity contribution in [2.24, 2.45) is 0 Å². The number of pyridine rings is 1. The second kappa shape index (κ2) is 7.96. The predicted molar refractivity (Wildman–Crippen MR) is 83.3 cm³/mol. The van der Waals surface area contributed by atoms with Gasteiger partial charge in [0.25, 0.3) is 0 Å². The summed E-state index contributed by atoms with van der Waals surface area (Å²) in [5.74, 6) is 0. The van der Waals surface area contributed by atoms with Crippen molar-refractivity contribution in [3.05, 3.63) is 24.0 Å².